The van der Waals surface area contributed by atoms with Crippen molar-refractivity contribution in [2.24, 2.45) is 11.7 Å². The zero-order valence-corrected chi connectivity index (χ0v) is 10.9. The molecule has 1 aromatic carbocycles. The van der Waals surface area contributed by atoms with E-state index in [9.17, 15) is 0 Å². The van der Waals surface area contributed by atoms with Gasteiger partial charge in [-0.1, -0.05) is 25.0 Å². The molecule has 1 saturated carbocycles. The molecule has 2 aromatic rings. The fraction of sp³-hybridized carbons (Fsp3) is 0.533. The Morgan fingerprint density at radius 1 is 1.33 bits per heavy atom. The summed E-state index contributed by atoms with van der Waals surface area (Å²) in [6, 6.07) is 6.31. The third kappa shape index (κ3) is 1.93. The summed E-state index contributed by atoms with van der Waals surface area (Å²) in [5.74, 6) is 2.27. The van der Waals surface area contributed by atoms with Crippen LogP contribution in [0.15, 0.2) is 18.2 Å². The van der Waals surface area contributed by atoms with Crippen molar-refractivity contribution in [2.45, 2.75) is 38.5 Å². The van der Waals surface area contributed by atoms with Crippen molar-refractivity contribution in [3.63, 3.8) is 0 Å². The second-order valence-corrected chi connectivity index (χ2v) is 5.48. The summed E-state index contributed by atoms with van der Waals surface area (Å²) in [4.78, 5) is 8.33. The summed E-state index contributed by atoms with van der Waals surface area (Å²) in [6.07, 6.45) is 5.09. The molecule has 0 spiro atoms. The average molecular weight is 243 g/mol. The molecule has 2 unspecified atom stereocenters. The Hall–Kier alpha value is -1.35. The summed E-state index contributed by atoms with van der Waals surface area (Å²) < 4.78 is 0. The molecule has 3 rings (SSSR count). The number of aryl methyl sites for hydroxylation is 1. The zero-order chi connectivity index (χ0) is 12.5. The van der Waals surface area contributed by atoms with Gasteiger partial charge in [0.2, 0.25) is 0 Å². The van der Waals surface area contributed by atoms with Gasteiger partial charge in [0.1, 0.15) is 5.82 Å². The molecule has 3 heteroatoms. The highest BCUT2D eigenvalue weighted by atomic mass is 14.9. The molecule has 2 atom stereocenters. The monoisotopic (exact) mass is 243 g/mol. The van der Waals surface area contributed by atoms with E-state index < -0.39 is 0 Å². The summed E-state index contributed by atoms with van der Waals surface area (Å²) in [5, 5.41) is 0. The van der Waals surface area contributed by atoms with E-state index in [0.29, 0.717) is 11.8 Å². The number of aromatic amines is 1. The van der Waals surface area contributed by atoms with E-state index in [2.05, 4.69) is 30.1 Å². The van der Waals surface area contributed by atoms with Gasteiger partial charge in [-0.2, -0.15) is 0 Å². The fourth-order valence-corrected chi connectivity index (χ4v) is 3.22. The van der Waals surface area contributed by atoms with Crippen molar-refractivity contribution < 1.29 is 0 Å². The molecule has 3 nitrogen and oxygen atoms in total. The van der Waals surface area contributed by atoms with Crippen molar-refractivity contribution in [1.82, 2.24) is 9.97 Å². The van der Waals surface area contributed by atoms with Gasteiger partial charge in [-0.15, -0.1) is 0 Å². The van der Waals surface area contributed by atoms with Crippen molar-refractivity contribution in [1.29, 1.82) is 0 Å². The lowest BCUT2D eigenvalue weighted by atomic mass is 9.79. The van der Waals surface area contributed by atoms with Gasteiger partial charge in [-0.05, 0) is 43.9 Å². The van der Waals surface area contributed by atoms with E-state index >= 15 is 0 Å². The van der Waals surface area contributed by atoms with E-state index in [4.69, 9.17) is 10.7 Å². The second kappa shape index (κ2) is 4.73. The van der Waals surface area contributed by atoms with Gasteiger partial charge in [-0.25, -0.2) is 4.98 Å². The van der Waals surface area contributed by atoms with Crippen molar-refractivity contribution in [3.8, 4) is 0 Å². The second-order valence-electron chi connectivity index (χ2n) is 5.48. The van der Waals surface area contributed by atoms with E-state index in [-0.39, 0.29) is 0 Å². The van der Waals surface area contributed by atoms with Crippen LogP contribution in [-0.4, -0.2) is 16.5 Å². The summed E-state index contributed by atoms with van der Waals surface area (Å²) >= 11 is 0. The number of hydrogen-bond donors (Lipinski definition) is 2. The molecule has 3 N–H and O–H groups in total. The molecule has 1 fully saturated rings. The van der Waals surface area contributed by atoms with Gasteiger partial charge < -0.3 is 10.7 Å². The number of benzene rings is 1. The first-order valence-corrected chi connectivity index (χ1v) is 6.95. The Balaban J connectivity index is 2.00. The lowest BCUT2D eigenvalue weighted by molar-refractivity contribution is 0.306. The number of nitrogens with two attached hydrogens (primary N) is 1. The Morgan fingerprint density at radius 2 is 2.17 bits per heavy atom. The van der Waals surface area contributed by atoms with Crippen LogP contribution >= 0.6 is 0 Å². The average Bonchev–Trinajstić information content (AvgIpc) is 2.84. The Kier molecular flexibility index (Phi) is 3.08. The predicted molar refractivity (Wildman–Crippen MR) is 74.6 cm³/mol. The van der Waals surface area contributed by atoms with Crippen LogP contribution in [0.25, 0.3) is 11.0 Å². The van der Waals surface area contributed by atoms with Crippen LogP contribution in [0.2, 0.25) is 0 Å². The lowest BCUT2D eigenvalue weighted by Crippen LogP contribution is -2.25. The van der Waals surface area contributed by atoms with Crippen LogP contribution in [0.5, 0.6) is 0 Å². The number of H-pyrrole nitrogens is 1. The molecule has 0 bridgehead atoms. The van der Waals surface area contributed by atoms with Gasteiger partial charge >= 0.3 is 0 Å². The molecule has 0 radical (unpaired) electrons. The van der Waals surface area contributed by atoms with Crippen LogP contribution in [0.4, 0.5) is 0 Å². The Morgan fingerprint density at radius 3 is 2.94 bits per heavy atom. The largest absolute Gasteiger partial charge is 0.342 e. The molecule has 0 aliphatic heterocycles. The van der Waals surface area contributed by atoms with Gasteiger partial charge in [0.25, 0.3) is 0 Å². The predicted octanol–water partition coefficient (Wildman–Crippen LogP) is 3.10. The van der Waals surface area contributed by atoms with E-state index in [1.165, 1.54) is 31.2 Å². The molecule has 0 saturated heterocycles. The molecule has 96 valence electrons. The van der Waals surface area contributed by atoms with Crippen molar-refractivity contribution in [3.05, 3.63) is 29.6 Å². The smallest absolute Gasteiger partial charge is 0.110 e. The van der Waals surface area contributed by atoms with Crippen LogP contribution in [0.1, 0.15) is 43.0 Å². The summed E-state index contributed by atoms with van der Waals surface area (Å²) in [6.45, 7) is 2.90. The molecule has 1 aliphatic carbocycles. The number of aromatic nitrogens is 2. The van der Waals surface area contributed by atoms with E-state index in [0.717, 1.165) is 23.4 Å². The highest BCUT2D eigenvalue weighted by molar-refractivity contribution is 5.78. The molecule has 1 heterocycles. The van der Waals surface area contributed by atoms with Crippen LogP contribution in [-0.2, 0) is 0 Å². The molecule has 18 heavy (non-hydrogen) atoms. The minimum atomic E-state index is 0.524. The third-order valence-corrected chi connectivity index (χ3v) is 4.30. The number of nitrogens with zero attached hydrogens (tertiary/aromatic N) is 1. The molecule has 1 aromatic heterocycles. The standard InChI is InChI=1S/C15H21N3/c1-10-5-4-8-13-14(10)18-15(17-13)12-7-3-2-6-11(12)9-16/h4-5,8,11-12H,2-3,6-7,9,16H2,1H3,(H,17,18). The van der Waals surface area contributed by atoms with Gasteiger partial charge in [0.15, 0.2) is 0 Å². The zero-order valence-electron chi connectivity index (χ0n) is 10.9. The van der Waals surface area contributed by atoms with E-state index in [1.807, 2.05) is 0 Å². The summed E-state index contributed by atoms with van der Waals surface area (Å²) in [7, 11) is 0. The van der Waals surface area contributed by atoms with Gasteiger partial charge in [0.05, 0.1) is 11.0 Å². The Bertz CT molecular complexity index is 544. The number of hydrogen-bond acceptors (Lipinski definition) is 2. The number of nitrogens with one attached hydrogen (secondary N) is 1. The van der Waals surface area contributed by atoms with Crippen LogP contribution < -0.4 is 5.73 Å². The highest BCUT2D eigenvalue weighted by Crippen LogP contribution is 2.36. The molecular formula is C15H21N3. The molecule has 1 aliphatic rings. The van der Waals surface area contributed by atoms with Crippen molar-refractivity contribution in [2.75, 3.05) is 6.54 Å². The number of para-hydroxylation sites is 1. The van der Waals surface area contributed by atoms with E-state index in [1.54, 1.807) is 0 Å². The maximum atomic E-state index is 5.91. The van der Waals surface area contributed by atoms with Crippen LogP contribution in [0.3, 0.4) is 0 Å². The number of imidazole rings is 1. The first-order chi connectivity index (χ1) is 8.79. The number of rotatable bonds is 2. The normalized spacial score (nSPS) is 24.6. The lowest BCUT2D eigenvalue weighted by Gasteiger charge is -2.28. The van der Waals surface area contributed by atoms with Crippen LogP contribution in [0, 0.1) is 12.8 Å². The van der Waals surface area contributed by atoms with Crippen molar-refractivity contribution >= 4 is 11.0 Å². The first-order valence-electron chi connectivity index (χ1n) is 6.95. The minimum Gasteiger partial charge on any atom is -0.342 e. The molecular weight excluding hydrogens is 222 g/mol. The molecule has 0 amide bonds. The minimum absolute atomic E-state index is 0.524. The maximum Gasteiger partial charge on any atom is 0.110 e. The quantitative estimate of drug-likeness (QED) is 0.851. The summed E-state index contributed by atoms with van der Waals surface area (Å²) in [5.41, 5.74) is 9.44. The SMILES string of the molecule is Cc1cccc2[nH]c(C3CCCCC3CN)nc12. The highest BCUT2D eigenvalue weighted by Gasteiger charge is 2.27. The topological polar surface area (TPSA) is 54.7 Å². The maximum absolute atomic E-state index is 5.91. The van der Waals surface area contributed by atoms with Gasteiger partial charge in [-0.3, -0.25) is 0 Å². The number of fused-ring (bicyclic) bond motifs is 1. The Labute approximate surface area is 108 Å². The fourth-order valence-electron chi connectivity index (χ4n) is 3.22. The van der Waals surface area contributed by atoms with Gasteiger partial charge in [0, 0.05) is 5.92 Å². The third-order valence-electron chi connectivity index (χ3n) is 4.30. The first kappa shape index (κ1) is 11.7.